The Hall–Kier alpha value is -13.0. The molecular formula is C78H85B3Cl2FN13O27. The van der Waals surface area contributed by atoms with Crippen molar-refractivity contribution >= 4 is 133 Å². The summed E-state index contributed by atoms with van der Waals surface area (Å²) >= 11 is 12.5. The quantitative estimate of drug-likeness (QED) is 0.0177. The number of phenols is 4. The molecular weight excluding hydrogens is 1670 g/mol. The number of urea groups is 3. The van der Waals surface area contributed by atoms with Crippen molar-refractivity contribution in [3.05, 3.63) is 157 Å². The molecule has 3 saturated heterocycles. The Kier molecular flexibility index (Phi) is 30.3. The van der Waals surface area contributed by atoms with E-state index in [1.165, 1.54) is 40.7 Å². The summed E-state index contributed by atoms with van der Waals surface area (Å²) in [5.41, 5.74) is 13.4. The number of amides is 13. The molecule has 6 atom stereocenters. The molecule has 6 aromatic rings. The van der Waals surface area contributed by atoms with Gasteiger partial charge < -0.3 is 107 Å². The number of piperazine rings is 3. The van der Waals surface area contributed by atoms with Gasteiger partial charge in [-0.15, -0.1) is 0 Å². The fourth-order valence-electron chi connectivity index (χ4n) is 14.7. The lowest BCUT2D eigenvalue weighted by Crippen LogP contribution is -2.59. The van der Waals surface area contributed by atoms with Crippen LogP contribution in [0.15, 0.2) is 85.1 Å². The Morgan fingerprint density at radius 2 is 0.927 bits per heavy atom. The number of nitrogens with zero attached hydrogens (tertiary/aromatic N) is 7. The van der Waals surface area contributed by atoms with E-state index in [9.17, 15) is 122 Å². The molecule has 6 aliphatic rings. The van der Waals surface area contributed by atoms with Crippen LogP contribution in [0, 0.1) is 19.7 Å². The maximum absolute atomic E-state index is 14.8. The van der Waals surface area contributed by atoms with Crippen molar-refractivity contribution in [3.63, 3.8) is 0 Å². The number of aromatic hydroxyl groups is 5. The fourth-order valence-corrected chi connectivity index (χ4v) is 15.2. The van der Waals surface area contributed by atoms with Crippen molar-refractivity contribution in [1.82, 2.24) is 55.7 Å². The van der Waals surface area contributed by atoms with Gasteiger partial charge in [-0.2, -0.15) is 0 Å². The monoisotopic (exact) mass is 1760 g/mol. The van der Waals surface area contributed by atoms with Gasteiger partial charge in [0, 0.05) is 139 Å². The fraction of sp³-hybridized carbons (Fsp3) is 0.359. The SMILES string of the molecule is CC(=O)NCCN1CCN(C(=O)NC(C(=O)C[C@H]2Cc3cccc(C)c3OB2O)c2ccc(O)c(O)c2Cl)C(=O)C1=O.CC(=O)c1cccc2c1OB(O)[C@@H](CC(=O)[C@@H](NC(=O)N1CCN(CCN)C(=O)C1=O)c1ncc(O)cc1F)C2.Cc1ccc2c(c1C(=O)O)OB(O)[C@@H](CC(=O)[C@H](NC(=O)N1CCN(CCN)C(=O)C1=O)c1ccc(O)c(O)c1Cl)C2. The van der Waals surface area contributed by atoms with E-state index in [1.807, 2.05) is 25.1 Å². The van der Waals surface area contributed by atoms with Crippen molar-refractivity contribution < 1.29 is 136 Å². The van der Waals surface area contributed by atoms with Crippen LogP contribution < -0.4 is 46.7 Å². The molecule has 654 valence electrons. The third-order valence-electron chi connectivity index (χ3n) is 21.2. The molecule has 3 fully saturated rings. The highest BCUT2D eigenvalue weighted by Gasteiger charge is 2.47. The first-order valence-electron chi connectivity index (χ1n) is 38.6. The van der Waals surface area contributed by atoms with Crippen molar-refractivity contribution in [2.24, 2.45) is 11.5 Å². The number of aryl methyl sites for hydroxylation is 2. The largest absolute Gasteiger partial charge is 0.536 e. The average molecular weight is 1760 g/mol. The number of para-hydroxylation sites is 2. The van der Waals surface area contributed by atoms with E-state index in [2.05, 4.69) is 26.3 Å². The van der Waals surface area contributed by atoms with Crippen LogP contribution in [-0.2, 0) is 67.2 Å². The molecule has 1 aromatic heterocycles. The number of rotatable bonds is 24. The van der Waals surface area contributed by atoms with Gasteiger partial charge in [0.05, 0.1) is 21.8 Å². The van der Waals surface area contributed by atoms with Crippen molar-refractivity contribution in [1.29, 1.82) is 0 Å². The molecule has 5 aromatic carbocycles. The number of fused-ring (bicyclic) bond motifs is 3. The molecule has 46 heteroatoms. The van der Waals surface area contributed by atoms with Gasteiger partial charge in [0.1, 0.15) is 52.4 Å². The molecule has 0 aliphatic carbocycles. The zero-order valence-corrected chi connectivity index (χ0v) is 68.3. The lowest BCUT2D eigenvalue weighted by Gasteiger charge is -2.33. The van der Waals surface area contributed by atoms with E-state index >= 15 is 0 Å². The number of aromatic carboxylic acids is 1. The third kappa shape index (κ3) is 21.0. The van der Waals surface area contributed by atoms with E-state index < -0.39 is 197 Å². The van der Waals surface area contributed by atoms with Crippen LogP contribution in [0.3, 0.4) is 0 Å². The van der Waals surface area contributed by atoms with E-state index in [-0.39, 0.29) is 143 Å². The van der Waals surface area contributed by atoms with Crippen molar-refractivity contribution in [2.45, 2.75) is 102 Å². The van der Waals surface area contributed by atoms with Gasteiger partial charge in [0.15, 0.2) is 51.9 Å². The van der Waals surface area contributed by atoms with Crippen molar-refractivity contribution in [3.8, 4) is 46.0 Å². The number of carboxylic acid groups (broad SMARTS) is 1. The molecule has 13 amide bonds. The summed E-state index contributed by atoms with van der Waals surface area (Å²) in [7, 11) is -4.41. The van der Waals surface area contributed by atoms with E-state index in [4.69, 9.17) is 48.6 Å². The number of pyridine rings is 1. The lowest BCUT2D eigenvalue weighted by molar-refractivity contribution is -0.153. The topological polar surface area (TPSA) is 598 Å². The summed E-state index contributed by atoms with van der Waals surface area (Å²) < 4.78 is 31.6. The second-order valence-electron chi connectivity index (χ2n) is 29.6. The van der Waals surface area contributed by atoms with E-state index in [0.717, 1.165) is 29.5 Å². The summed E-state index contributed by atoms with van der Waals surface area (Å²) in [5.74, 6) is -16.2. The molecule has 12 rings (SSSR count). The Labute approximate surface area is 715 Å². The molecule has 17 N–H and O–H groups in total. The van der Waals surface area contributed by atoms with Gasteiger partial charge in [-0.05, 0) is 86.1 Å². The Balaban J connectivity index is 0.000000195. The number of hydrogen-bond acceptors (Lipinski definition) is 29. The molecule has 0 radical (unpaired) electrons. The first kappa shape index (κ1) is 93.3. The van der Waals surface area contributed by atoms with Gasteiger partial charge in [0.2, 0.25) is 5.91 Å². The molecule has 0 spiro atoms. The number of imide groups is 3. The summed E-state index contributed by atoms with van der Waals surface area (Å²) in [6, 6.07) is 10.7. The number of carbonyl (C=O) groups is 15. The zero-order chi connectivity index (χ0) is 90.7. The maximum Gasteiger partial charge on any atom is 0.526 e. The number of carbonyl (C=O) groups excluding carboxylic acids is 14. The number of nitrogens with two attached hydrogens (primary N) is 2. The zero-order valence-electron chi connectivity index (χ0n) is 66.8. The molecule has 40 nitrogen and oxygen atoms in total. The third-order valence-corrected chi connectivity index (χ3v) is 22.0. The Bertz CT molecular complexity index is 5290. The summed E-state index contributed by atoms with van der Waals surface area (Å²) in [5, 5.41) is 100. The van der Waals surface area contributed by atoms with Crippen LogP contribution in [0.2, 0.25) is 27.5 Å². The smallest absolute Gasteiger partial charge is 0.526 e. The minimum atomic E-state index is -1.74. The number of hydrogen-bond donors (Lipinski definition) is 15. The predicted octanol–water partition coefficient (Wildman–Crippen LogP) is 1.60. The van der Waals surface area contributed by atoms with Crippen LogP contribution in [0.5, 0.6) is 46.0 Å². The van der Waals surface area contributed by atoms with Crippen LogP contribution >= 0.6 is 23.2 Å². The maximum atomic E-state index is 14.8. The number of carboxylic acids is 1. The summed E-state index contributed by atoms with van der Waals surface area (Å²) in [6.45, 7) is 6.23. The average Bonchev–Trinajstić information content (AvgIpc) is 0.785. The first-order valence-corrected chi connectivity index (χ1v) is 39.3. The normalized spacial score (nSPS) is 17.5. The number of ketones is 4. The minimum Gasteiger partial charge on any atom is -0.536 e. The van der Waals surface area contributed by atoms with Crippen LogP contribution in [-0.4, -0.2) is 269 Å². The minimum absolute atomic E-state index is 0.00137. The summed E-state index contributed by atoms with van der Waals surface area (Å²) in [6.07, 6.45) is 0.225. The lowest BCUT2D eigenvalue weighted by atomic mass is 9.64. The number of halogens is 3. The second-order valence-corrected chi connectivity index (χ2v) is 30.3. The van der Waals surface area contributed by atoms with Gasteiger partial charge in [-0.25, -0.2) is 23.6 Å². The molecule has 1 unspecified atom stereocenters. The highest BCUT2D eigenvalue weighted by atomic mass is 35.5. The Morgan fingerprint density at radius 3 is 1.35 bits per heavy atom. The molecule has 6 aliphatic heterocycles. The van der Waals surface area contributed by atoms with E-state index in [0.29, 0.717) is 49.6 Å². The van der Waals surface area contributed by atoms with Gasteiger partial charge in [0.25, 0.3) is 0 Å². The van der Waals surface area contributed by atoms with Crippen LogP contribution in [0.25, 0.3) is 0 Å². The van der Waals surface area contributed by atoms with Gasteiger partial charge in [-0.1, -0.05) is 77.8 Å². The number of benzene rings is 5. The Morgan fingerprint density at radius 1 is 0.524 bits per heavy atom. The highest BCUT2D eigenvalue weighted by Crippen LogP contribution is 2.45. The standard InChI is InChI=1S/C27H30BClN4O9.C26H28BClN4O10.C25H27BFN5O8/c1-14-4-3-5-16-12-17(28(41)42-24(14)16)13-20(36)22(18-6-7-19(35)23(37)21(18)29)31-27(40)33-11-10-32(25(38)26(33)39)9-8-30-15(2)34;1-12-2-3-13-10-14(27(41)42-22(13)18(12)25(38)39)11-17(34)20(15-4-5-16(33)21(35)19(15)28)30-26(40)32-9-8-31(7-6-29)23(36)24(32)37;1-13(33)17-4-2-3-14-9-15(26(39)40-22(14)17)10-19(35)21(20-18(27)11-16(34)12-29-20)30-25(38)32-8-7-31(6-5-28)23(36)24(32)37/h3-7,17,22,35,37,41H,8-13H2,1-2H3,(H,30,34)(H,31,40);2-5,14,20,33,35,41H,6-11,29H2,1H3,(H,30,40)(H,38,39);2-4,11-12,15,21,34,39H,5-10,28H2,1H3,(H,30,38)/t17-,22?;14-,20-;15-,21-/m111/s1. The van der Waals surface area contributed by atoms with Gasteiger partial charge in [-0.3, -0.25) is 72.4 Å². The molecule has 124 heavy (non-hydrogen) atoms. The summed E-state index contributed by atoms with van der Waals surface area (Å²) in [4.78, 5) is 200. The molecule has 7 heterocycles. The van der Waals surface area contributed by atoms with E-state index in [1.54, 1.807) is 37.3 Å². The number of nitrogens with one attached hydrogen (secondary N) is 4. The number of aromatic nitrogens is 1. The molecule has 0 bridgehead atoms. The van der Waals surface area contributed by atoms with Crippen molar-refractivity contribution in [2.75, 3.05) is 78.5 Å². The number of phenolic OH excluding ortho intramolecular Hbond substituents is 4. The van der Waals surface area contributed by atoms with Gasteiger partial charge >= 0.3 is 80.9 Å². The second kappa shape index (κ2) is 40.3. The van der Waals surface area contributed by atoms with Crippen LogP contribution in [0.4, 0.5) is 18.8 Å². The molecule has 0 saturated carbocycles. The predicted molar refractivity (Wildman–Crippen MR) is 434 cm³/mol. The van der Waals surface area contributed by atoms with Crippen LogP contribution in [0.1, 0.15) is 117 Å². The first-order chi connectivity index (χ1) is 58.7. The highest BCUT2D eigenvalue weighted by molar-refractivity contribution is 6.48. The number of Topliss-reactive ketones (excluding diaryl/α,β-unsaturated/α-hetero) is 4.